The number of hydrogen-bond donors (Lipinski definition) is 1. The lowest BCUT2D eigenvalue weighted by molar-refractivity contribution is 0.251. The van der Waals surface area contributed by atoms with Crippen LogP contribution in [0.4, 0.5) is 0 Å². The summed E-state index contributed by atoms with van der Waals surface area (Å²) in [6.45, 7) is 2.48. The van der Waals surface area contributed by atoms with Crippen LogP contribution in [0.5, 0.6) is 5.75 Å². The summed E-state index contributed by atoms with van der Waals surface area (Å²) in [6, 6.07) is 7.74. The van der Waals surface area contributed by atoms with Gasteiger partial charge in [0, 0.05) is 25.2 Å². The van der Waals surface area contributed by atoms with Crippen molar-refractivity contribution in [2.75, 3.05) is 13.7 Å². The number of hydrogen-bond acceptors (Lipinski definition) is 4. The Hall–Kier alpha value is -1.11. The highest BCUT2D eigenvalue weighted by Crippen LogP contribution is 2.31. The van der Waals surface area contributed by atoms with Crippen LogP contribution >= 0.6 is 0 Å². The average molecular weight is 324 g/mol. The molecule has 2 fully saturated rings. The van der Waals surface area contributed by atoms with Gasteiger partial charge in [-0.3, -0.25) is 0 Å². The molecule has 0 amide bonds. The molecule has 0 aliphatic carbocycles. The summed E-state index contributed by atoms with van der Waals surface area (Å²) in [6.07, 6.45) is 4.14. The summed E-state index contributed by atoms with van der Waals surface area (Å²) in [5.74, 6) is 0.698. The average Bonchev–Trinajstić information content (AvgIpc) is 2.85. The van der Waals surface area contributed by atoms with Crippen LogP contribution in [0.25, 0.3) is 0 Å². The molecule has 0 radical (unpaired) electrons. The minimum Gasteiger partial charge on any atom is -0.494 e. The van der Waals surface area contributed by atoms with Crippen molar-refractivity contribution in [1.29, 1.82) is 0 Å². The maximum absolute atomic E-state index is 12.8. The quantitative estimate of drug-likeness (QED) is 0.900. The predicted molar refractivity (Wildman–Crippen MR) is 85.5 cm³/mol. The minimum atomic E-state index is -3.44. The number of sulfonamides is 1. The first-order chi connectivity index (χ1) is 10.5. The van der Waals surface area contributed by atoms with Gasteiger partial charge >= 0.3 is 0 Å². The Labute approximate surface area is 132 Å². The van der Waals surface area contributed by atoms with Gasteiger partial charge in [0.15, 0.2) is 0 Å². The summed E-state index contributed by atoms with van der Waals surface area (Å²) in [7, 11) is -1.73. The number of benzene rings is 1. The van der Waals surface area contributed by atoms with Gasteiger partial charge in [-0.15, -0.1) is 0 Å². The van der Waals surface area contributed by atoms with Gasteiger partial charge in [0.25, 0.3) is 0 Å². The fraction of sp³-hybridized carbons (Fsp3) is 0.625. The van der Waals surface area contributed by atoms with Gasteiger partial charge in [0.05, 0.1) is 11.5 Å². The van der Waals surface area contributed by atoms with E-state index in [2.05, 4.69) is 5.32 Å². The third-order valence-corrected chi connectivity index (χ3v) is 6.70. The number of ether oxygens (including phenoxy) is 1. The highest BCUT2D eigenvalue weighted by Gasteiger charge is 2.38. The van der Waals surface area contributed by atoms with Crippen LogP contribution < -0.4 is 10.1 Å². The van der Waals surface area contributed by atoms with E-state index in [-0.39, 0.29) is 6.04 Å². The molecular formula is C16H24N2O3S. The fourth-order valence-corrected chi connectivity index (χ4v) is 4.94. The molecule has 2 atom stereocenters. The number of nitrogens with one attached hydrogen (secondary N) is 1. The maximum Gasteiger partial charge on any atom is 0.243 e. The van der Waals surface area contributed by atoms with E-state index < -0.39 is 10.0 Å². The van der Waals surface area contributed by atoms with Gasteiger partial charge in [0.1, 0.15) is 5.75 Å². The fourth-order valence-electron chi connectivity index (χ4n) is 3.56. The van der Waals surface area contributed by atoms with Crippen molar-refractivity contribution in [3.8, 4) is 5.75 Å². The van der Waals surface area contributed by atoms with E-state index in [0.717, 1.165) is 25.7 Å². The molecule has 2 unspecified atom stereocenters. The summed E-state index contributed by atoms with van der Waals surface area (Å²) in [5.41, 5.74) is 0. The Morgan fingerprint density at radius 2 is 1.77 bits per heavy atom. The third kappa shape index (κ3) is 3.00. The first kappa shape index (κ1) is 15.8. The summed E-state index contributed by atoms with van der Waals surface area (Å²) < 4.78 is 32.5. The van der Waals surface area contributed by atoms with Crippen molar-refractivity contribution in [2.45, 2.75) is 55.6 Å². The molecule has 2 aliphatic heterocycles. The molecule has 6 heteroatoms. The van der Waals surface area contributed by atoms with Crippen LogP contribution in [0.2, 0.25) is 0 Å². The Morgan fingerprint density at radius 3 is 2.32 bits per heavy atom. The van der Waals surface area contributed by atoms with E-state index in [0.29, 0.717) is 29.3 Å². The number of fused-ring (bicyclic) bond motifs is 2. The molecule has 1 aromatic carbocycles. The minimum absolute atomic E-state index is 0.0929. The van der Waals surface area contributed by atoms with Crippen molar-refractivity contribution in [2.24, 2.45) is 0 Å². The molecular weight excluding hydrogens is 300 g/mol. The molecule has 0 saturated carbocycles. The third-order valence-electron chi connectivity index (χ3n) is 4.77. The SMILES string of the molecule is CCOc1ccc(S(=O)(=O)N(C)C2CC3CCC(C2)N3)cc1. The van der Waals surface area contributed by atoms with E-state index in [1.54, 1.807) is 35.6 Å². The maximum atomic E-state index is 12.8. The van der Waals surface area contributed by atoms with E-state index >= 15 is 0 Å². The first-order valence-corrected chi connectivity index (χ1v) is 9.41. The number of nitrogens with zero attached hydrogens (tertiary/aromatic N) is 1. The first-order valence-electron chi connectivity index (χ1n) is 7.97. The largest absolute Gasteiger partial charge is 0.494 e. The van der Waals surface area contributed by atoms with Crippen molar-refractivity contribution in [3.63, 3.8) is 0 Å². The molecule has 0 spiro atoms. The standard InChI is InChI=1S/C16H24N2O3S/c1-3-21-15-6-8-16(9-7-15)22(19,20)18(2)14-10-12-4-5-13(11-14)17-12/h6-9,12-14,17H,3-5,10-11H2,1-2H3. The van der Waals surface area contributed by atoms with Gasteiger partial charge in [-0.1, -0.05) is 0 Å². The summed E-state index contributed by atoms with van der Waals surface area (Å²) in [5, 5.41) is 3.55. The van der Waals surface area contributed by atoms with E-state index in [9.17, 15) is 8.42 Å². The molecule has 22 heavy (non-hydrogen) atoms. The second-order valence-corrected chi connectivity index (χ2v) is 8.19. The Bertz CT molecular complexity index is 603. The normalized spacial score (nSPS) is 28.0. The van der Waals surface area contributed by atoms with Crippen LogP contribution in [-0.4, -0.2) is 44.5 Å². The van der Waals surface area contributed by atoms with Crippen LogP contribution in [-0.2, 0) is 10.0 Å². The Balaban J connectivity index is 1.76. The summed E-state index contributed by atoms with van der Waals surface area (Å²) in [4.78, 5) is 0.337. The van der Waals surface area contributed by atoms with Crippen molar-refractivity contribution in [3.05, 3.63) is 24.3 Å². The zero-order chi connectivity index (χ0) is 15.7. The van der Waals surface area contributed by atoms with Crippen LogP contribution in [0.15, 0.2) is 29.2 Å². The molecule has 5 nitrogen and oxygen atoms in total. The predicted octanol–water partition coefficient (Wildman–Crippen LogP) is 1.99. The molecule has 2 saturated heterocycles. The van der Waals surface area contributed by atoms with E-state index in [1.165, 1.54) is 0 Å². The van der Waals surface area contributed by atoms with Gasteiger partial charge in [-0.05, 0) is 56.9 Å². The molecule has 2 heterocycles. The Kier molecular flexibility index (Phi) is 4.43. The topological polar surface area (TPSA) is 58.6 Å². The molecule has 1 N–H and O–H groups in total. The van der Waals surface area contributed by atoms with Crippen LogP contribution in [0.3, 0.4) is 0 Å². The van der Waals surface area contributed by atoms with Crippen molar-refractivity contribution >= 4 is 10.0 Å². The Morgan fingerprint density at radius 1 is 1.18 bits per heavy atom. The highest BCUT2D eigenvalue weighted by molar-refractivity contribution is 7.89. The number of rotatable bonds is 5. The lowest BCUT2D eigenvalue weighted by Crippen LogP contribution is -2.48. The van der Waals surface area contributed by atoms with E-state index in [1.807, 2.05) is 6.92 Å². The van der Waals surface area contributed by atoms with E-state index in [4.69, 9.17) is 4.74 Å². The summed E-state index contributed by atoms with van der Waals surface area (Å²) >= 11 is 0. The van der Waals surface area contributed by atoms with Gasteiger partial charge in [-0.25, -0.2) is 8.42 Å². The lowest BCUT2D eigenvalue weighted by atomic mass is 10.0. The van der Waals surface area contributed by atoms with Gasteiger partial charge < -0.3 is 10.1 Å². The van der Waals surface area contributed by atoms with Gasteiger partial charge in [-0.2, -0.15) is 4.31 Å². The molecule has 0 aromatic heterocycles. The zero-order valence-electron chi connectivity index (χ0n) is 13.2. The lowest BCUT2D eigenvalue weighted by Gasteiger charge is -2.34. The van der Waals surface area contributed by atoms with Crippen molar-refractivity contribution < 1.29 is 13.2 Å². The zero-order valence-corrected chi connectivity index (χ0v) is 14.0. The van der Waals surface area contributed by atoms with Crippen molar-refractivity contribution in [1.82, 2.24) is 9.62 Å². The molecule has 2 aliphatic rings. The van der Waals surface area contributed by atoms with Gasteiger partial charge in [0.2, 0.25) is 10.0 Å². The molecule has 1 aromatic rings. The molecule has 2 bridgehead atoms. The molecule has 3 rings (SSSR count). The second-order valence-electron chi connectivity index (χ2n) is 6.19. The monoisotopic (exact) mass is 324 g/mol. The second kappa shape index (κ2) is 6.18. The van der Waals surface area contributed by atoms with Crippen LogP contribution in [0.1, 0.15) is 32.6 Å². The van der Waals surface area contributed by atoms with Crippen LogP contribution in [0, 0.1) is 0 Å². The highest BCUT2D eigenvalue weighted by atomic mass is 32.2. The smallest absolute Gasteiger partial charge is 0.243 e. The number of piperidine rings is 1. The molecule has 122 valence electrons.